The standard InChI is InChI=1S/C16H13F2NO/c17-14-7-11(10-20)8-15(18)16(14)19-6-5-12-3-1-2-4-13(12)9-19/h1-4,7-8,10H,5-6,9H2. The number of carbonyl (C=O) groups excluding carboxylic acids is 1. The van der Waals surface area contributed by atoms with Crippen LogP contribution in [-0.4, -0.2) is 12.8 Å². The first-order chi connectivity index (χ1) is 9.69. The van der Waals surface area contributed by atoms with Crippen molar-refractivity contribution in [2.24, 2.45) is 0 Å². The second-order valence-corrected chi connectivity index (χ2v) is 4.89. The fourth-order valence-corrected chi connectivity index (χ4v) is 2.64. The number of fused-ring (bicyclic) bond motifs is 1. The molecule has 0 aromatic heterocycles. The Kier molecular flexibility index (Phi) is 3.22. The van der Waals surface area contributed by atoms with Crippen LogP contribution in [-0.2, 0) is 13.0 Å². The molecule has 1 heterocycles. The van der Waals surface area contributed by atoms with Crippen molar-refractivity contribution in [3.8, 4) is 0 Å². The van der Waals surface area contributed by atoms with E-state index in [9.17, 15) is 13.6 Å². The summed E-state index contributed by atoms with van der Waals surface area (Å²) >= 11 is 0. The van der Waals surface area contributed by atoms with Crippen molar-refractivity contribution in [3.05, 3.63) is 64.7 Å². The third-order valence-corrected chi connectivity index (χ3v) is 3.62. The van der Waals surface area contributed by atoms with Gasteiger partial charge in [-0.1, -0.05) is 24.3 Å². The second-order valence-electron chi connectivity index (χ2n) is 4.89. The van der Waals surface area contributed by atoms with Crippen molar-refractivity contribution >= 4 is 12.0 Å². The molecule has 0 aliphatic carbocycles. The number of hydrogen-bond acceptors (Lipinski definition) is 2. The van der Waals surface area contributed by atoms with Gasteiger partial charge in [-0.15, -0.1) is 0 Å². The van der Waals surface area contributed by atoms with E-state index in [-0.39, 0.29) is 11.3 Å². The van der Waals surface area contributed by atoms with Gasteiger partial charge in [0.2, 0.25) is 0 Å². The Morgan fingerprint density at radius 1 is 1.05 bits per heavy atom. The summed E-state index contributed by atoms with van der Waals surface area (Å²) in [6, 6.07) is 10.0. The fourth-order valence-electron chi connectivity index (χ4n) is 2.64. The van der Waals surface area contributed by atoms with E-state index in [1.54, 1.807) is 4.90 Å². The maximum atomic E-state index is 14.0. The van der Waals surface area contributed by atoms with Gasteiger partial charge >= 0.3 is 0 Å². The van der Waals surface area contributed by atoms with Crippen LogP contribution in [0.1, 0.15) is 21.5 Å². The number of carbonyl (C=O) groups is 1. The highest BCUT2D eigenvalue weighted by molar-refractivity contribution is 5.76. The van der Waals surface area contributed by atoms with E-state index < -0.39 is 11.6 Å². The Morgan fingerprint density at radius 3 is 2.35 bits per heavy atom. The van der Waals surface area contributed by atoms with Crippen LogP contribution in [0.15, 0.2) is 36.4 Å². The van der Waals surface area contributed by atoms with Gasteiger partial charge in [0.05, 0.1) is 0 Å². The van der Waals surface area contributed by atoms with Crippen molar-refractivity contribution in [2.45, 2.75) is 13.0 Å². The van der Waals surface area contributed by atoms with Gasteiger partial charge < -0.3 is 4.90 Å². The number of anilines is 1. The normalized spacial score (nSPS) is 14.0. The molecule has 1 aliphatic rings. The van der Waals surface area contributed by atoms with Crippen LogP contribution in [0.25, 0.3) is 0 Å². The van der Waals surface area contributed by atoms with Gasteiger partial charge in [0.15, 0.2) is 0 Å². The van der Waals surface area contributed by atoms with E-state index in [0.717, 1.165) is 24.1 Å². The van der Waals surface area contributed by atoms with Crippen molar-refractivity contribution in [2.75, 3.05) is 11.4 Å². The lowest BCUT2D eigenvalue weighted by Crippen LogP contribution is -2.31. The van der Waals surface area contributed by atoms with E-state index in [0.29, 0.717) is 19.4 Å². The van der Waals surface area contributed by atoms with Crippen LogP contribution < -0.4 is 4.90 Å². The summed E-state index contributed by atoms with van der Waals surface area (Å²) in [5.74, 6) is -1.38. The maximum Gasteiger partial charge on any atom is 0.150 e. The molecule has 102 valence electrons. The summed E-state index contributed by atoms with van der Waals surface area (Å²) in [5, 5.41) is 0. The minimum absolute atomic E-state index is 0.0150. The van der Waals surface area contributed by atoms with Gasteiger partial charge in [-0.3, -0.25) is 4.79 Å². The first kappa shape index (κ1) is 12.8. The van der Waals surface area contributed by atoms with Crippen molar-refractivity contribution < 1.29 is 13.6 Å². The number of nitrogens with zero attached hydrogens (tertiary/aromatic N) is 1. The predicted molar refractivity (Wildman–Crippen MR) is 72.9 cm³/mol. The summed E-state index contributed by atoms with van der Waals surface area (Å²) < 4.78 is 28.0. The highest BCUT2D eigenvalue weighted by Gasteiger charge is 2.22. The fraction of sp³-hybridized carbons (Fsp3) is 0.188. The minimum Gasteiger partial charge on any atom is -0.362 e. The molecule has 0 unspecified atom stereocenters. The first-order valence-electron chi connectivity index (χ1n) is 6.45. The molecule has 0 atom stereocenters. The predicted octanol–water partition coefficient (Wildman–Crippen LogP) is 3.34. The molecule has 0 spiro atoms. The lowest BCUT2D eigenvalue weighted by atomic mass is 9.99. The van der Waals surface area contributed by atoms with Crippen molar-refractivity contribution in [3.63, 3.8) is 0 Å². The zero-order valence-corrected chi connectivity index (χ0v) is 10.8. The molecule has 20 heavy (non-hydrogen) atoms. The third kappa shape index (κ3) is 2.18. The maximum absolute atomic E-state index is 14.0. The largest absolute Gasteiger partial charge is 0.362 e. The Balaban J connectivity index is 1.97. The highest BCUT2D eigenvalue weighted by atomic mass is 19.1. The molecule has 0 saturated heterocycles. The Morgan fingerprint density at radius 2 is 1.70 bits per heavy atom. The van der Waals surface area contributed by atoms with Crippen LogP contribution in [0.2, 0.25) is 0 Å². The molecule has 0 bridgehead atoms. The number of halogens is 2. The van der Waals surface area contributed by atoms with E-state index in [4.69, 9.17) is 0 Å². The van der Waals surface area contributed by atoms with Crippen molar-refractivity contribution in [1.82, 2.24) is 0 Å². The van der Waals surface area contributed by atoms with E-state index in [2.05, 4.69) is 0 Å². The minimum atomic E-state index is -0.688. The number of rotatable bonds is 2. The van der Waals surface area contributed by atoms with Gasteiger partial charge in [-0.05, 0) is 29.7 Å². The third-order valence-electron chi connectivity index (χ3n) is 3.62. The summed E-state index contributed by atoms with van der Waals surface area (Å²) in [6.07, 6.45) is 1.20. The molecular formula is C16H13F2NO. The Labute approximate surface area is 115 Å². The quantitative estimate of drug-likeness (QED) is 0.782. The summed E-state index contributed by atoms with van der Waals surface area (Å²) in [6.45, 7) is 1.04. The van der Waals surface area contributed by atoms with Gasteiger partial charge in [-0.2, -0.15) is 0 Å². The molecule has 2 nitrogen and oxygen atoms in total. The molecular weight excluding hydrogens is 260 g/mol. The molecule has 0 fully saturated rings. The Bertz CT molecular complexity index is 646. The van der Waals surface area contributed by atoms with Crippen LogP contribution in [0, 0.1) is 11.6 Å². The lowest BCUT2D eigenvalue weighted by Gasteiger charge is -2.31. The number of aldehydes is 1. The SMILES string of the molecule is O=Cc1cc(F)c(N2CCc3ccccc3C2)c(F)c1. The van der Waals surface area contributed by atoms with Gasteiger partial charge in [-0.25, -0.2) is 8.78 Å². The smallest absolute Gasteiger partial charge is 0.150 e. The van der Waals surface area contributed by atoms with Gasteiger partial charge in [0.1, 0.15) is 23.6 Å². The topological polar surface area (TPSA) is 20.3 Å². The molecule has 0 saturated carbocycles. The molecule has 3 rings (SSSR count). The second kappa shape index (κ2) is 5.04. The average Bonchev–Trinajstić information content (AvgIpc) is 2.46. The van der Waals surface area contributed by atoms with Crippen LogP contribution in [0.5, 0.6) is 0 Å². The summed E-state index contributed by atoms with van der Waals surface area (Å²) in [5.41, 5.74) is 2.26. The van der Waals surface area contributed by atoms with Crippen LogP contribution >= 0.6 is 0 Å². The van der Waals surface area contributed by atoms with E-state index in [1.165, 1.54) is 5.56 Å². The molecule has 0 radical (unpaired) electrons. The van der Waals surface area contributed by atoms with E-state index >= 15 is 0 Å². The highest BCUT2D eigenvalue weighted by Crippen LogP contribution is 2.29. The monoisotopic (exact) mass is 273 g/mol. The Hall–Kier alpha value is -2.23. The average molecular weight is 273 g/mol. The zero-order chi connectivity index (χ0) is 14.1. The van der Waals surface area contributed by atoms with Crippen LogP contribution in [0.4, 0.5) is 14.5 Å². The molecule has 4 heteroatoms. The molecule has 2 aromatic rings. The number of benzene rings is 2. The zero-order valence-electron chi connectivity index (χ0n) is 10.8. The molecule has 0 N–H and O–H groups in total. The molecule has 0 amide bonds. The molecule has 2 aromatic carbocycles. The first-order valence-corrected chi connectivity index (χ1v) is 6.45. The molecule has 1 aliphatic heterocycles. The van der Waals surface area contributed by atoms with Gasteiger partial charge in [0.25, 0.3) is 0 Å². The summed E-state index contributed by atoms with van der Waals surface area (Å²) in [4.78, 5) is 12.3. The lowest BCUT2D eigenvalue weighted by molar-refractivity contribution is 0.112. The van der Waals surface area contributed by atoms with Crippen LogP contribution in [0.3, 0.4) is 0 Å². The van der Waals surface area contributed by atoms with E-state index in [1.807, 2.05) is 24.3 Å². The number of hydrogen-bond donors (Lipinski definition) is 0. The van der Waals surface area contributed by atoms with Gasteiger partial charge in [0, 0.05) is 18.7 Å². The van der Waals surface area contributed by atoms with Crippen molar-refractivity contribution in [1.29, 1.82) is 0 Å². The summed E-state index contributed by atoms with van der Waals surface area (Å²) in [7, 11) is 0.